The lowest BCUT2D eigenvalue weighted by Crippen LogP contribution is -2.62. The first kappa shape index (κ1) is 20.2. The highest BCUT2D eigenvalue weighted by Gasteiger charge is 2.58. The Bertz CT molecular complexity index is 846. The molecule has 0 radical (unpaired) electrons. The molecule has 2 heterocycles. The second-order valence-electron chi connectivity index (χ2n) is 5.61. The lowest BCUT2D eigenvalue weighted by molar-refractivity contribution is -0.160. The van der Waals surface area contributed by atoms with Crippen LogP contribution in [0.25, 0.3) is 0 Å². The Balaban J connectivity index is 2.24. The molecule has 1 fully saturated rings. The number of hydrogen-bond acceptors (Lipinski definition) is 7. The van der Waals surface area contributed by atoms with E-state index >= 15 is 0 Å². The van der Waals surface area contributed by atoms with E-state index in [2.05, 4.69) is 9.50 Å². The monoisotopic (exact) mass is 408 g/mol. The van der Waals surface area contributed by atoms with Gasteiger partial charge in [0, 0.05) is 25.0 Å². The highest BCUT2D eigenvalue weighted by atomic mass is 32.3. The van der Waals surface area contributed by atoms with Gasteiger partial charge in [-0.15, -0.1) is 0 Å². The number of nitrogens with one attached hydrogen (secondary N) is 1. The highest BCUT2D eigenvalue weighted by Crippen LogP contribution is 2.45. The van der Waals surface area contributed by atoms with Gasteiger partial charge in [-0.1, -0.05) is 0 Å². The molecule has 2 rings (SSSR count). The molecule has 4 unspecified atom stereocenters. The van der Waals surface area contributed by atoms with Gasteiger partial charge in [-0.05, 0) is 6.92 Å². The lowest BCUT2D eigenvalue weighted by Gasteiger charge is -2.45. The first-order valence-electron chi connectivity index (χ1n) is 7.23. The minimum atomic E-state index is -4.79. The number of fused-ring (bicyclic) bond motifs is 1. The van der Waals surface area contributed by atoms with Gasteiger partial charge in [0.15, 0.2) is 0 Å². The Morgan fingerprint density at radius 3 is 2.58 bits per heavy atom. The van der Waals surface area contributed by atoms with Crippen molar-refractivity contribution in [2.24, 2.45) is 5.92 Å². The van der Waals surface area contributed by atoms with E-state index in [1.54, 1.807) is 0 Å². The maximum absolute atomic E-state index is 12.3. The van der Waals surface area contributed by atoms with Gasteiger partial charge in [0.2, 0.25) is 11.8 Å². The smallest absolute Gasteiger partial charge is 0.397 e. The summed E-state index contributed by atoms with van der Waals surface area (Å²) >= 11 is 0. The molecule has 0 bridgehead atoms. The van der Waals surface area contributed by atoms with E-state index < -0.39 is 62.7 Å². The van der Waals surface area contributed by atoms with Crippen LogP contribution in [0.15, 0.2) is 22.2 Å². The van der Waals surface area contributed by atoms with Crippen LogP contribution in [-0.4, -0.2) is 57.1 Å². The number of aliphatic carboxylic acids is 1. The second-order valence-corrected chi connectivity index (χ2v) is 8.02. The SMILES string of the molecule is CC(=O)NC=CS(=O)C1=C(C(=O)O)N2C(=O)C(C(C)OS(=O)(=O)O)C2C1. The standard InChI is InChI=1S/C13H16N2O9S2/c1-6(24-26(21,22)23)10-8-5-9(25(20)4-3-14-7(2)16)11(13(18)19)15(8)12(10)17/h3-4,6,8,10H,5H2,1-2H3,(H,14,16)(H,18,19)(H,21,22,23). The fourth-order valence-corrected chi connectivity index (χ4v) is 4.51. The molecule has 3 N–H and O–H groups in total. The molecule has 2 aliphatic rings. The first-order valence-corrected chi connectivity index (χ1v) is 9.81. The van der Waals surface area contributed by atoms with Crippen LogP contribution in [0.3, 0.4) is 0 Å². The van der Waals surface area contributed by atoms with Crippen molar-refractivity contribution in [1.82, 2.24) is 10.2 Å². The quantitative estimate of drug-likeness (QED) is 0.356. The average molecular weight is 408 g/mol. The summed E-state index contributed by atoms with van der Waals surface area (Å²) in [6.07, 6.45) is -0.200. The zero-order chi connectivity index (χ0) is 19.8. The van der Waals surface area contributed by atoms with Gasteiger partial charge in [-0.25, -0.2) is 13.2 Å². The predicted molar refractivity (Wildman–Crippen MR) is 86.6 cm³/mol. The molecule has 4 atom stereocenters. The molecular formula is C13H16N2O9S2. The summed E-state index contributed by atoms with van der Waals surface area (Å²) in [6.45, 7) is 2.48. The van der Waals surface area contributed by atoms with E-state index in [1.165, 1.54) is 13.8 Å². The van der Waals surface area contributed by atoms with Crippen LogP contribution in [0.5, 0.6) is 0 Å². The van der Waals surface area contributed by atoms with Gasteiger partial charge in [-0.2, -0.15) is 8.42 Å². The van der Waals surface area contributed by atoms with Gasteiger partial charge in [-0.3, -0.25) is 14.1 Å². The molecule has 13 heteroatoms. The van der Waals surface area contributed by atoms with Crippen LogP contribution >= 0.6 is 0 Å². The van der Waals surface area contributed by atoms with E-state index in [0.717, 1.165) is 16.5 Å². The Hall–Kier alpha value is -2.09. The van der Waals surface area contributed by atoms with Crippen LogP contribution in [0.2, 0.25) is 0 Å². The molecule has 1 saturated heterocycles. The molecule has 0 aromatic rings. The number of nitrogens with zero attached hydrogens (tertiary/aromatic N) is 1. The topological polar surface area (TPSA) is 167 Å². The van der Waals surface area contributed by atoms with Crippen LogP contribution in [-0.2, 0) is 39.8 Å². The van der Waals surface area contributed by atoms with Crippen LogP contribution in [0, 0.1) is 5.92 Å². The summed E-state index contributed by atoms with van der Waals surface area (Å²) in [7, 11) is -6.71. The minimum absolute atomic E-state index is 0.0426. The third kappa shape index (κ3) is 4.00. The van der Waals surface area contributed by atoms with Crippen LogP contribution in [0.4, 0.5) is 0 Å². The van der Waals surface area contributed by atoms with E-state index in [0.29, 0.717) is 0 Å². The molecule has 0 spiro atoms. The zero-order valence-corrected chi connectivity index (χ0v) is 15.2. The summed E-state index contributed by atoms with van der Waals surface area (Å²) < 4.78 is 47.1. The minimum Gasteiger partial charge on any atom is -0.477 e. The number of carboxylic acid groups (broad SMARTS) is 1. The molecule has 11 nitrogen and oxygen atoms in total. The normalized spacial score (nSPS) is 25.0. The number of amides is 2. The van der Waals surface area contributed by atoms with Gasteiger partial charge in [0.05, 0.1) is 33.8 Å². The molecule has 144 valence electrons. The number of rotatable bonds is 7. The van der Waals surface area contributed by atoms with Crippen molar-refractivity contribution in [2.75, 3.05) is 0 Å². The van der Waals surface area contributed by atoms with Crippen molar-refractivity contribution in [3.05, 3.63) is 22.2 Å². The third-order valence-corrected chi connectivity index (χ3v) is 5.65. The fourth-order valence-electron chi connectivity index (χ4n) is 2.94. The largest absolute Gasteiger partial charge is 0.477 e. The van der Waals surface area contributed by atoms with E-state index in [-0.39, 0.29) is 11.3 Å². The van der Waals surface area contributed by atoms with Gasteiger partial charge in [0.25, 0.3) is 0 Å². The summed E-state index contributed by atoms with van der Waals surface area (Å²) in [6, 6.07) is -0.751. The zero-order valence-electron chi connectivity index (χ0n) is 13.6. The highest BCUT2D eigenvalue weighted by molar-refractivity contribution is 7.91. The number of β-lactam (4-membered cyclic amide) rings is 1. The van der Waals surface area contributed by atoms with Gasteiger partial charge >= 0.3 is 16.4 Å². The Kier molecular flexibility index (Phi) is 5.65. The predicted octanol–water partition coefficient (Wildman–Crippen LogP) is -0.923. The summed E-state index contributed by atoms with van der Waals surface area (Å²) in [5, 5.41) is 12.7. The van der Waals surface area contributed by atoms with Crippen molar-refractivity contribution in [2.45, 2.75) is 32.4 Å². The van der Waals surface area contributed by atoms with E-state index in [9.17, 15) is 32.1 Å². The molecule has 0 aromatic carbocycles. The molecule has 2 aliphatic heterocycles. The number of carbonyl (C=O) groups excluding carboxylic acids is 2. The fraction of sp³-hybridized carbons (Fsp3) is 0.462. The number of carbonyl (C=O) groups is 3. The first-order chi connectivity index (χ1) is 11.9. The molecule has 0 aromatic heterocycles. The maximum atomic E-state index is 12.3. The summed E-state index contributed by atoms with van der Waals surface area (Å²) in [5.41, 5.74) is -0.443. The average Bonchev–Trinajstić information content (AvgIpc) is 2.80. The van der Waals surface area contributed by atoms with Crippen LogP contribution in [0.1, 0.15) is 20.3 Å². The molecule has 0 aliphatic carbocycles. The van der Waals surface area contributed by atoms with Crippen molar-refractivity contribution < 1.29 is 40.9 Å². The number of hydrogen-bond donors (Lipinski definition) is 3. The third-order valence-electron chi connectivity index (χ3n) is 3.87. The number of carboxylic acids is 1. The van der Waals surface area contributed by atoms with Gasteiger partial charge in [0.1, 0.15) is 5.70 Å². The molecule has 2 amide bonds. The van der Waals surface area contributed by atoms with E-state index in [1.807, 2.05) is 0 Å². The van der Waals surface area contributed by atoms with Crippen molar-refractivity contribution >= 4 is 39.0 Å². The second kappa shape index (κ2) is 7.26. The molecule has 26 heavy (non-hydrogen) atoms. The summed E-state index contributed by atoms with van der Waals surface area (Å²) in [5.74, 6) is -3.59. The molecular weight excluding hydrogens is 392 g/mol. The van der Waals surface area contributed by atoms with Crippen molar-refractivity contribution in [3.8, 4) is 0 Å². The maximum Gasteiger partial charge on any atom is 0.397 e. The Labute approximate surface area is 151 Å². The Morgan fingerprint density at radius 1 is 1.46 bits per heavy atom. The van der Waals surface area contributed by atoms with Crippen molar-refractivity contribution in [3.63, 3.8) is 0 Å². The Morgan fingerprint density at radius 2 is 2.08 bits per heavy atom. The summed E-state index contributed by atoms with van der Waals surface area (Å²) in [4.78, 5) is 35.4. The van der Waals surface area contributed by atoms with E-state index in [4.69, 9.17) is 4.55 Å². The molecule has 0 saturated carbocycles. The van der Waals surface area contributed by atoms with Crippen LogP contribution < -0.4 is 5.32 Å². The van der Waals surface area contributed by atoms with Gasteiger partial charge < -0.3 is 15.3 Å². The lowest BCUT2D eigenvalue weighted by atomic mass is 9.83. The van der Waals surface area contributed by atoms with Crippen molar-refractivity contribution in [1.29, 1.82) is 0 Å².